The van der Waals surface area contributed by atoms with Crippen LogP contribution in [0, 0.1) is 11.8 Å². The van der Waals surface area contributed by atoms with Crippen molar-refractivity contribution in [2.75, 3.05) is 0 Å². The lowest BCUT2D eigenvalue weighted by atomic mass is 10.1. The first-order valence-electron chi connectivity index (χ1n) is 4.71. The molecule has 0 fully saturated rings. The lowest BCUT2D eigenvalue weighted by Crippen LogP contribution is -1.90. The Hall–Kier alpha value is -2.30. The van der Waals surface area contributed by atoms with Crippen molar-refractivity contribution in [1.82, 2.24) is 4.98 Å². The summed E-state index contributed by atoms with van der Waals surface area (Å²) in [6, 6.07) is 4.92. The summed E-state index contributed by atoms with van der Waals surface area (Å²) >= 11 is 0. The number of carbonyl (C=O) groups excluding carboxylic acids is 1. The molecule has 0 aliphatic carbocycles. The van der Waals surface area contributed by atoms with Gasteiger partial charge in [-0.15, -0.1) is 0 Å². The molecule has 0 amide bonds. The minimum Gasteiger partial charge on any atom is -0.504 e. The average molecular weight is 235 g/mol. The molecule has 1 aromatic carbocycles. The third-order valence-electron chi connectivity index (χ3n) is 2.26. The predicted molar refractivity (Wildman–Crippen MR) is 56.6 cm³/mol. The van der Waals surface area contributed by atoms with Crippen LogP contribution in [0.15, 0.2) is 30.5 Å². The van der Waals surface area contributed by atoms with E-state index in [9.17, 15) is 13.6 Å². The average Bonchev–Trinajstić information content (AvgIpc) is 2.32. The molecule has 5 heteroatoms. The maximum Gasteiger partial charge on any atom is 0.255 e. The number of benzene rings is 1. The summed E-state index contributed by atoms with van der Waals surface area (Å²) in [7, 11) is 0. The number of pyridine rings is 1. The van der Waals surface area contributed by atoms with Gasteiger partial charge in [-0.25, -0.2) is 9.37 Å². The molecular formula is C12H7F2NO2. The largest absolute Gasteiger partial charge is 0.504 e. The van der Waals surface area contributed by atoms with E-state index in [1.165, 1.54) is 12.1 Å². The van der Waals surface area contributed by atoms with Crippen LogP contribution in [-0.2, 0) is 0 Å². The highest BCUT2D eigenvalue weighted by Crippen LogP contribution is 2.26. The summed E-state index contributed by atoms with van der Waals surface area (Å²) in [5, 5.41) is 9.14. The highest BCUT2D eigenvalue weighted by Gasteiger charge is 2.09. The van der Waals surface area contributed by atoms with Crippen LogP contribution in [0.2, 0.25) is 0 Å². The van der Waals surface area contributed by atoms with Crippen molar-refractivity contribution in [3.8, 4) is 16.9 Å². The van der Waals surface area contributed by atoms with E-state index < -0.39 is 17.5 Å². The third-order valence-corrected chi connectivity index (χ3v) is 2.26. The number of halogens is 2. The lowest BCUT2D eigenvalue weighted by molar-refractivity contribution is 0.112. The Balaban J connectivity index is 2.52. The highest BCUT2D eigenvalue weighted by atomic mass is 19.1. The fourth-order valence-corrected chi connectivity index (χ4v) is 1.42. The Morgan fingerprint density at radius 1 is 1.24 bits per heavy atom. The number of aldehydes is 1. The first kappa shape index (κ1) is 11.2. The quantitative estimate of drug-likeness (QED) is 0.642. The number of hydrogen-bond acceptors (Lipinski definition) is 3. The molecular weight excluding hydrogens is 228 g/mol. The Morgan fingerprint density at radius 3 is 2.59 bits per heavy atom. The van der Waals surface area contributed by atoms with Crippen molar-refractivity contribution in [2.45, 2.75) is 0 Å². The molecule has 0 radical (unpaired) electrons. The molecule has 17 heavy (non-hydrogen) atoms. The molecule has 0 aliphatic heterocycles. The summed E-state index contributed by atoms with van der Waals surface area (Å²) in [6.07, 6.45) is 1.63. The van der Waals surface area contributed by atoms with E-state index in [0.29, 0.717) is 6.29 Å². The monoisotopic (exact) mass is 235 g/mol. The summed E-state index contributed by atoms with van der Waals surface area (Å²) in [5.41, 5.74) is 0.572. The molecule has 1 aromatic heterocycles. The van der Waals surface area contributed by atoms with Crippen LogP contribution in [0.4, 0.5) is 8.78 Å². The second-order valence-electron chi connectivity index (χ2n) is 3.39. The van der Waals surface area contributed by atoms with Crippen molar-refractivity contribution in [3.63, 3.8) is 0 Å². The first-order chi connectivity index (χ1) is 8.11. The van der Waals surface area contributed by atoms with E-state index in [2.05, 4.69) is 4.98 Å². The number of hydrogen-bond donors (Lipinski definition) is 1. The topological polar surface area (TPSA) is 50.2 Å². The molecule has 0 atom stereocenters. The van der Waals surface area contributed by atoms with E-state index >= 15 is 0 Å². The fourth-order valence-electron chi connectivity index (χ4n) is 1.42. The Labute approximate surface area is 95.4 Å². The molecule has 1 heterocycles. The van der Waals surface area contributed by atoms with Crippen molar-refractivity contribution in [2.24, 2.45) is 0 Å². The van der Waals surface area contributed by atoms with Crippen LogP contribution in [0.3, 0.4) is 0 Å². The van der Waals surface area contributed by atoms with Gasteiger partial charge in [0.25, 0.3) is 5.95 Å². The number of nitrogens with zero attached hydrogens (tertiary/aromatic N) is 1. The molecule has 2 aromatic rings. The SMILES string of the molecule is O=Cc1ccc(-c2cnc(F)c(O)c2)c(F)c1. The third kappa shape index (κ3) is 2.13. The molecule has 2 rings (SSSR count). The molecule has 86 valence electrons. The normalized spacial score (nSPS) is 10.2. The van der Waals surface area contributed by atoms with E-state index in [1.54, 1.807) is 0 Å². The summed E-state index contributed by atoms with van der Waals surface area (Å²) in [6.45, 7) is 0. The number of carbonyl (C=O) groups is 1. The molecule has 1 N–H and O–H groups in total. The smallest absolute Gasteiger partial charge is 0.255 e. The molecule has 3 nitrogen and oxygen atoms in total. The lowest BCUT2D eigenvalue weighted by Gasteiger charge is -2.04. The van der Waals surface area contributed by atoms with Crippen molar-refractivity contribution >= 4 is 6.29 Å². The summed E-state index contributed by atoms with van der Waals surface area (Å²) in [4.78, 5) is 13.7. The predicted octanol–water partition coefficient (Wildman–Crippen LogP) is 2.54. The molecule has 0 saturated heterocycles. The van der Waals surface area contributed by atoms with Gasteiger partial charge in [0.15, 0.2) is 5.75 Å². The molecule has 0 bridgehead atoms. The van der Waals surface area contributed by atoms with Crippen molar-refractivity contribution in [1.29, 1.82) is 0 Å². The second-order valence-corrected chi connectivity index (χ2v) is 3.39. The second kappa shape index (κ2) is 4.29. The van der Waals surface area contributed by atoms with E-state index in [1.807, 2.05) is 0 Å². The molecule has 0 aliphatic rings. The van der Waals surface area contributed by atoms with Crippen LogP contribution in [0.25, 0.3) is 11.1 Å². The molecule has 0 saturated carbocycles. The minimum absolute atomic E-state index is 0.137. The van der Waals surface area contributed by atoms with E-state index in [0.717, 1.165) is 18.3 Å². The van der Waals surface area contributed by atoms with Crippen molar-refractivity contribution in [3.05, 3.63) is 47.8 Å². The van der Waals surface area contributed by atoms with Gasteiger partial charge in [-0.3, -0.25) is 4.79 Å². The minimum atomic E-state index is -1.02. The van der Waals surface area contributed by atoms with E-state index in [4.69, 9.17) is 5.11 Å². The number of rotatable bonds is 2. The van der Waals surface area contributed by atoms with Crippen LogP contribution in [-0.4, -0.2) is 16.4 Å². The Morgan fingerprint density at radius 2 is 2.00 bits per heavy atom. The van der Waals surface area contributed by atoms with Crippen LogP contribution >= 0.6 is 0 Å². The van der Waals surface area contributed by atoms with Gasteiger partial charge in [0.05, 0.1) is 0 Å². The van der Waals surface area contributed by atoms with Gasteiger partial charge in [0.1, 0.15) is 12.1 Å². The summed E-state index contributed by atoms with van der Waals surface area (Å²) < 4.78 is 26.3. The standard InChI is InChI=1S/C12H7F2NO2/c13-10-3-7(6-16)1-2-9(10)8-4-11(17)12(14)15-5-8/h1-6,17H. The van der Waals surface area contributed by atoms with Crippen molar-refractivity contribution < 1.29 is 18.7 Å². The van der Waals surface area contributed by atoms with Gasteiger partial charge in [-0.05, 0) is 12.1 Å². The maximum absolute atomic E-state index is 13.6. The first-order valence-corrected chi connectivity index (χ1v) is 4.71. The Bertz CT molecular complexity index is 585. The highest BCUT2D eigenvalue weighted by molar-refractivity contribution is 5.77. The van der Waals surface area contributed by atoms with Crippen LogP contribution in [0.5, 0.6) is 5.75 Å². The number of aromatic hydroxyl groups is 1. The molecule has 0 unspecified atom stereocenters. The van der Waals surface area contributed by atoms with Gasteiger partial charge >= 0.3 is 0 Å². The Kier molecular flexibility index (Phi) is 2.82. The van der Waals surface area contributed by atoms with E-state index in [-0.39, 0.29) is 16.7 Å². The molecule has 0 spiro atoms. The van der Waals surface area contributed by atoms with Crippen LogP contribution < -0.4 is 0 Å². The maximum atomic E-state index is 13.6. The zero-order valence-corrected chi connectivity index (χ0v) is 8.52. The zero-order chi connectivity index (χ0) is 12.4. The van der Waals surface area contributed by atoms with Gasteiger partial charge in [-0.2, -0.15) is 4.39 Å². The summed E-state index contributed by atoms with van der Waals surface area (Å²) in [5.74, 6) is -2.30. The van der Waals surface area contributed by atoms with Gasteiger partial charge in [-0.1, -0.05) is 12.1 Å². The van der Waals surface area contributed by atoms with Gasteiger partial charge in [0, 0.05) is 22.9 Å². The van der Waals surface area contributed by atoms with Gasteiger partial charge in [0.2, 0.25) is 0 Å². The number of aromatic nitrogens is 1. The van der Waals surface area contributed by atoms with Gasteiger partial charge < -0.3 is 5.11 Å². The zero-order valence-electron chi connectivity index (χ0n) is 8.52. The van der Waals surface area contributed by atoms with Crippen LogP contribution in [0.1, 0.15) is 10.4 Å². The fraction of sp³-hybridized carbons (Fsp3) is 0.